The van der Waals surface area contributed by atoms with Gasteiger partial charge >= 0.3 is 0 Å². The molecule has 4 aromatic rings. The second-order valence-electron chi connectivity index (χ2n) is 6.98. The number of hydrogen-bond acceptors (Lipinski definition) is 6. The van der Waals surface area contributed by atoms with E-state index in [0.717, 1.165) is 28.5 Å². The minimum absolute atomic E-state index is 0.0285. The summed E-state index contributed by atoms with van der Waals surface area (Å²) in [7, 11) is -3.86. The van der Waals surface area contributed by atoms with E-state index in [4.69, 9.17) is 11.6 Å². The number of fused-ring (bicyclic) bond motifs is 1. The molecule has 2 heterocycles. The van der Waals surface area contributed by atoms with E-state index in [1.54, 1.807) is 12.1 Å². The Labute approximate surface area is 194 Å². The van der Waals surface area contributed by atoms with E-state index >= 15 is 0 Å². The van der Waals surface area contributed by atoms with Gasteiger partial charge in [-0.3, -0.25) is 9.52 Å². The van der Waals surface area contributed by atoms with Crippen LogP contribution in [0.4, 0.5) is 11.5 Å². The van der Waals surface area contributed by atoms with Crippen LogP contribution in [0.5, 0.6) is 0 Å². The third-order valence-electron chi connectivity index (χ3n) is 4.70. The average Bonchev–Trinajstić information content (AvgIpc) is 3.15. The van der Waals surface area contributed by atoms with Crippen LogP contribution >= 0.6 is 22.9 Å². The molecule has 1 amide bonds. The molecule has 164 valence electrons. The van der Waals surface area contributed by atoms with Gasteiger partial charge in [-0.05, 0) is 59.8 Å². The maximum absolute atomic E-state index is 13.0. The van der Waals surface area contributed by atoms with E-state index in [0.29, 0.717) is 10.6 Å². The number of thiophene rings is 1. The zero-order chi connectivity index (χ0) is 22.7. The van der Waals surface area contributed by atoms with Crippen molar-refractivity contribution < 1.29 is 13.2 Å². The van der Waals surface area contributed by atoms with E-state index in [1.165, 1.54) is 35.6 Å². The molecule has 0 fully saturated rings. The molecule has 0 radical (unpaired) electrons. The van der Waals surface area contributed by atoms with Gasteiger partial charge in [0.2, 0.25) is 0 Å². The first kappa shape index (κ1) is 22.2. The molecule has 32 heavy (non-hydrogen) atoms. The molecule has 0 saturated heterocycles. The number of benzene rings is 2. The number of anilines is 2. The number of sulfonamides is 1. The number of hydrogen-bond donors (Lipinski definition) is 2. The molecule has 0 aliphatic carbocycles. The molecular formula is C22H19ClN4O3S2. The Bertz CT molecular complexity index is 1370. The highest BCUT2D eigenvalue weighted by Crippen LogP contribution is 2.33. The quantitative estimate of drug-likeness (QED) is 0.366. The van der Waals surface area contributed by atoms with Gasteiger partial charge in [-0.2, -0.15) is 0 Å². The number of rotatable bonds is 7. The standard InChI is InChI=1S/C22H19ClN4O3S2/c1-2-5-17-16-6-3-4-7-18(16)31-21(17)22(28)24-14-8-10-15(11-9-14)32(29,30)27-20-13-12-19(23)25-26-20/h3-4,6-13H,2,5H2,1H3,(H,24,28)(H,26,27). The summed E-state index contributed by atoms with van der Waals surface area (Å²) in [5, 5.41) is 11.4. The molecular weight excluding hydrogens is 468 g/mol. The van der Waals surface area contributed by atoms with Crippen LogP contribution in [-0.4, -0.2) is 24.5 Å². The van der Waals surface area contributed by atoms with E-state index in [2.05, 4.69) is 27.2 Å². The van der Waals surface area contributed by atoms with Crippen molar-refractivity contribution in [1.29, 1.82) is 0 Å². The number of nitrogens with zero attached hydrogens (tertiary/aromatic N) is 2. The minimum atomic E-state index is -3.86. The Balaban J connectivity index is 1.52. The maximum Gasteiger partial charge on any atom is 0.266 e. The average molecular weight is 487 g/mol. The molecule has 7 nitrogen and oxygen atoms in total. The second kappa shape index (κ2) is 9.23. The van der Waals surface area contributed by atoms with Gasteiger partial charge in [0.15, 0.2) is 11.0 Å². The number of carbonyl (C=O) groups excluding carboxylic acids is 1. The van der Waals surface area contributed by atoms with Gasteiger partial charge in [0.05, 0.1) is 9.77 Å². The third kappa shape index (κ3) is 4.74. The van der Waals surface area contributed by atoms with E-state index in [-0.39, 0.29) is 21.8 Å². The highest BCUT2D eigenvalue weighted by Gasteiger charge is 2.19. The molecule has 0 unspecified atom stereocenters. The van der Waals surface area contributed by atoms with Gasteiger partial charge in [-0.25, -0.2) is 8.42 Å². The van der Waals surface area contributed by atoms with Crippen LogP contribution < -0.4 is 10.0 Å². The lowest BCUT2D eigenvalue weighted by atomic mass is 10.1. The largest absolute Gasteiger partial charge is 0.321 e. The molecule has 0 saturated carbocycles. The van der Waals surface area contributed by atoms with Gasteiger partial charge in [-0.1, -0.05) is 43.1 Å². The molecule has 0 spiro atoms. The number of amides is 1. The molecule has 4 rings (SSSR count). The number of carbonyl (C=O) groups is 1. The molecule has 0 aliphatic rings. The zero-order valence-corrected chi connectivity index (χ0v) is 19.4. The molecule has 2 N–H and O–H groups in total. The lowest BCUT2D eigenvalue weighted by Crippen LogP contribution is -2.15. The van der Waals surface area contributed by atoms with Crippen LogP contribution in [0, 0.1) is 0 Å². The van der Waals surface area contributed by atoms with Crippen LogP contribution in [0.2, 0.25) is 5.15 Å². The predicted octanol–water partition coefficient (Wildman–Crippen LogP) is 5.35. The van der Waals surface area contributed by atoms with Crippen LogP contribution in [0.15, 0.2) is 65.6 Å². The lowest BCUT2D eigenvalue weighted by Gasteiger charge is -2.09. The first-order chi connectivity index (χ1) is 15.4. The first-order valence-electron chi connectivity index (χ1n) is 9.81. The van der Waals surface area contributed by atoms with Gasteiger partial charge in [-0.15, -0.1) is 21.5 Å². The zero-order valence-electron chi connectivity index (χ0n) is 17.0. The summed E-state index contributed by atoms with van der Waals surface area (Å²) in [4.78, 5) is 13.7. The topological polar surface area (TPSA) is 101 Å². The fourth-order valence-electron chi connectivity index (χ4n) is 3.25. The van der Waals surface area contributed by atoms with Crippen molar-refractivity contribution in [2.24, 2.45) is 0 Å². The molecule has 0 bridgehead atoms. The summed E-state index contributed by atoms with van der Waals surface area (Å²) in [5.41, 5.74) is 1.54. The Hall–Kier alpha value is -3.01. The van der Waals surface area contributed by atoms with Crippen LogP contribution in [-0.2, 0) is 16.4 Å². The van der Waals surface area contributed by atoms with Crippen molar-refractivity contribution in [2.75, 3.05) is 10.0 Å². The Kier molecular flexibility index (Phi) is 6.40. The molecule has 0 aliphatic heterocycles. The number of nitrogens with one attached hydrogen (secondary N) is 2. The Morgan fingerprint density at radius 1 is 1.03 bits per heavy atom. The van der Waals surface area contributed by atoms with Crippen LogP contribution in [0.1, 0.15) is 28.6 Å². The minimum Gasteiger partial charge on any atom is -0.321 e. The molecule has 2 aromatic heterocycles. The smallest absolute Gasteiger partial charge is 0.266 e. The van der Waals surface area contributed by atoms with Gasteiger partial charge in [0.1, 0.15) is 0 Å². The predicted molar refractivity (Wildman–Crippen MR) is 128 cm³/mol. The van der Waals surface area contributed by atoms with Crippen molar-refractivity contribution in [3.8, 4) is 0 Å². The summed E-state index contributed by atoms with van der Waals surface area (Å²) in [6.07, 6.45) is 1.74. The van der Waals surface area contributed by atoms with Crippen LogP contribution in [0.25, 0.3) is 10.1 Å². The van der Waals surface area contributed by atoms with Crippen molar-refractivity contribution >= 4 is 60.5 Å². The third-order valence-corrected chi connectivity index (χ3v) is 7.48. The van der Waals surface area contributed by atoms with Gasteiger partial charge in [0, 0.05) is 10.4 Å². The fourth-order valence-corrected chi connectivity index (χ4v) is 5.50. The first-order valence-corrected chi connectivity index (χ1v) is 12.5. The van der Waals surface area contributed by atoms with Gasteiger partial charge < -0.3 is 5.32 Å². The van der Waals surface area contributed by atoms with Gasteiger partial charge in [0.25, 0.3) is 15.9 Å². The molecule has 10 heteroatoms. The number of halogens is 1. The van der Waals surface area contributed by atoms with Crippen molar-refractivity contribution in [3.63, 3.8) is 0 Å². The summed E-state index contributed by atoms with van der Waals surface area (Å²) >= 11 is 7.13. The van der Waals surface area contributed by atoms with Crippen molar-refractivity contribution in [3.05, 3.63) is 76.3 Å². The summed E-state index contributed by atoms with van der Waals surface area (Å²) in [5.74, 6) is -0.153. The number of aromatic nitrogens is 2. The van der Waals surface area contributed by atoms with E-state index < -0.39 is 10.0 Å². The van der Waals surface area contributed by atoms with Crippen molar-refractivity contribution in [2.45, 2.75) is 24.7 Å². The Morgan fingerprint density at radius 2 is 1.78 bits per heavy atom. The van der Waals surface area contributed by atoms with Crippen molar-refractivity contribution in [1.82, 2.24) is 10.2 Å². The van der Waals surface area contributed by atoms with E-state index in [1.807, 2.05) is 24.3 Å². The summed E-state index contributed by atoms with van der Waals surface area (Å²) < 4.78 is 28.5. The van der Waals surface area contributed by atoms with E-state index in [9.17, 15) is 13.2 Å². The maximum atomic E-state index is 13.0. The second-order valence-corrected chi connectivity index (χ2v) is 10.1. The molecule has 2 aromatic carbocycles. The highest BCUT2D eigenvalue weighted by molar-refractivity contribution is 7.92. The fraction of sp³-hybridized carbons (Fsp3) is 0.136. The Morgan fingerprint density at radius 3 is 2.47 bits per heavy atom. The van der Waals surface area contributed by atoms with Crippen LogP contribution in [0.3, 0.4) is 0 Å². The monoisotopic (exact) mass is 486 g/mol. The molecule has 0 atom stereocenters. The normalized spacial score (nSPS) is 11.4. The lowest BCUT2D eigenvalue weighted by molar-refractivity contribution is 0.103. The highest BCUT2D eigenvalue weighted by atomic mass is 35.5. The number of aryl methyl sites for hydroxylation is 1. The summed E-state index contributed by atoms with van der Waals surface area (Å²) in [6, 6.07) is 16.8. The SMILES string of the molecule is CCCc1c(C(=O)Nc2ccc(S(=O)(=O)Nc3ccc(Cl)nn3)cc2)sc2ccccc12. The summed E-state index contributed by atoms with van der Waals surface area (Å²) in [6.45, 7) is 2.08.